The summed E-state index contributed by atoms with van der Waals surface area (Å²) in [5, 5.41) is 2.35. The minimum absolute atomic E-state index is 0.0946. The van der Waals surface area contributed by atoms with Gasteiger partial charge in [-0.15, -0.1) is 0 Å². The predicted octanol–water partition coefficient (Wildman–Crippen LogP) is 3.77. The molecule has 0 aliphatic heterocycles. The smallest absolute Gasteiger partial charge is 0.306 e. The van der Waals surface area contributed by atoms with Crippen LogP contribution in [0.15, 0.2) is 4.99 Å². The first kappa shape index (κ1) is 16.3. The van der Waals surface area contributed by atoms with Crippen molar-refractivity contribution < 1.29 is 9.53 Å². The minimum atomic E-state index is -0.365. The maximum absolute atomic E-state index is 11.4. The van der Waals surface area contributed by atoms with Crippen molar-refractivity contribution in [3.63, 3.8) is 0 Å². The van der Waals surface area contributed by atoms with E-state index in [-0.39, 0.29) is 11.6 Å². The van der Waals surface area contributed by atoms with Gasteiger partial charge in [0.05, 0.1) is 5.16 Å². The molecule has 17 heavy (non-hydrogen) atoms. The van der Waals surface area contributed by atoms with E-state index in [0.717, 1.165) is 38.6 Å². The van der Waals surface area contributed by atoms with E-state index in [2.05, 4.69) is 22.4 Å². The van der Waals surface area contributed by atoms with Crippen LogP contribution in [0.1, 0.15) is 59.3 Å². The van der Waals surface area contributed by atoms with Gasteiger partial charge >= 0.3 is 5.97 Å². The summed E-state index contributed by atoms with van der Waals surface area (Å²) in [6.07, 6.45) is 5.82. The topological polar surface area (TPSA) is 38.7 Å². The zero-order valence-electron chi connectivity index (χ0n) is 11.1. The van der Waals surface area contributed by atoms with Gasteiger partial charge in [-0.2, -0.15) is 0 Å². The molecule has 0 N–H and O–H groups in total. The summed E-state index contributed by atoms with van der Waals surface area (Å²) in [7, 11) is 0. The van der Waals surface area contributed by atoms with Gasteiger partial charge in [0.25, 0.3) is 0 Å². The Kier molecular flexibility index (Phi) is 8.92. The first-order valence-corrected chi connectivity index (χ1v) is 6.62. The van der Waals surface area contributed by atoms with Gasteiger partial charge in [-0.3, -0.25) is 4.79 Å². The molecule has 0 rings (SSSR count). The molecule has 0 radical (unpaired) electrons. The Hall–Kier alpha value is -0.730. The number of rotatable bonds is 8. The summed E-state index contributed by atoms with van der Waals surface area (Å²) in [6, 6.07) is 0. The molecule has 4 heteroatoms. The Balaban J connectivity index is 3.34. The van der Waals surface area contributed by atoms with Crippen LogP contribution in [0.5, 0.6) is 0 Å². The standard InChI is InChI=1S/C13H23NO2S/c1-13(2,3)16-12(15)9-7-5-4-6-8-10-14-11-17/h4-10H2,1-3H3. The number of unbranched alkanes of at least 4 members (excludes halogenated alkanes) is 4. The molecule has 0 fully saturated rings. The maximum atomic E-state index is 11.4. The summed E-state index contributed by atoms with van der Waals surface area (Å²) in [6.45, 7) is 6.44. The zero-order chi connectivity index (χ0) is 13.1. The fraction of sp³-hybridized carbons (Fsp3) is 0.846. The zero-order valence-corrected chi connectivity index (χ0v) is 11.9. The lowest BCUT2D eigenvalue weighted by Crippen LogP contribution is -2.23. The number of nitrogens with zero attached hydrogens (tertiary/aromatic N) is 1. The summed E-state index contributed by atoms with van der Waals surface area (Å²) < 4.78 is 5.22. The lowest BCUT2D eigenvalue weighted by molar-refractivity contribution is -0.154. The van der Waals surface area contributed by atoms with E-state index in [1.54, 1.807) is 0 Å². The molecule has 0 unspecified atom stereocenters. The quantitative estimate of drug-likeness (QED) is 0.287. The number of carbonyl (C=O) groups excluding carboxylic acids is 1. The van der Waals surface area contributed by atoms with Gasteiger partial charge in [0, 0.05) is 13.0 Å². The van der Waals surface area contributed by atoms with Crippen molar-refractivity contribution in [1.82, 2.24) is 0 Å². The van der Waals surface area contributed by atoms with Gasteiger partial charge in [0.2, 0.25) is 0 Å². The van der Waals surface area contributed by atoms with Gasteiger partial charge < -0.3 is 4.74 Å². The molecule has 98 valence electrons. The molecule has 0 atom stereocenters. The summed E-state index contributed by atoms with van der Waals surface area (Å²) in [4.78, 5) is 15.2. The normalized spacial score (nSPS) is 10.8. The minimum Gasteiger partial charge on any atom is -0.460 e. The monoisotopic (exact) mass is 257 g/mol. The van der Waals surface area contributed by atoms with Crippen LogP contribution in [0, 0.1) is 0 Å². The van der Waals surface area contributed by atoms with Crippen LogP contribution in [-0.2, 0) is 9.53 Å². The number of hydrogen-bond donors (Lipinski definition) is 0. The number of hydrogen-bond acceptors (Lipinski definition) is 4. The predicted molar refractivity (Wildman–Crippen MR) is 73.4 cm³/mol. The first-order valence-electron chi connectivity index (χ1n) is 6.21. The van der Waals surface area contributed by atoms with Crippen molar-refractivity contribution in [3.8, 4) is 0 Å². The van der Waals surface area contributed by atoms with E-state index in [0.29, 0.717) is 6.42 Å². The Morgan fingerprint density at radius 1 is 1.18 bits per heavy atom. The second-order valence-corrected chi connectivity index (χ2v) is 5.26. The highest BCUT2D eigenvalue weighted by molar-refractivity contribution is 7.78. The highest BCUT2D eigenvalue weighted by Gasteiger charge is 2.15. The maximum Gasteiger partial charge on any atom is 0.306 e. The Morgan fingerprint density at radius 3 is 2.35 bits per heavy atom. The number of carbonyl (C=O) groups is 1. The molecule has 0 bridgehead atoms. The number of esters is 1. The summed E-state index contributed by atoms with van der Waals surface area (Å²) >= 11 is 4.48. The molecule has 0 aliphatic carbocycles. The summed E-state index contributed by atoms with van der Waals surface area (Å²) in [5.74, 6) is -0.0946. The second kappa shape index (κ2) is 9.32. The van der Waals surface area contributed by atoms with Crippen LogP contribution in [-0.4, -0.2) is 23.3 Å². The third kappa shape index (κ3) is 13.2. The molecule has 0 spiro atoms. The second-order valence-electron chi connectivity index (χ2n) is 5.08. The van der Waals surface area contributed by atoms with E-state index >= 15 is 0 Å². The highest BCUT2D eigenvalue weighted by atomic mass is 32.1. The third-order valence-corrected chi connectivity index (χ3v) is 2.26. The molecule has 0 heterocycles. The van der Waals surface area contributed by atoms with E-state index in [9.17, 15) is 4.79 Å². The molecule has 0 aromatic heterocycles. The Bertz CT molecular complexity index is 265. The summed E-state index contributed by atoms with van der Waals surface area (Å²) in [5.41, 5.74) is -0.365. The lowest BCUT2D eigenvalue weighted by atomic mass is 10.1. The molecule has 0 saturated carbocycles. The van der Waals surface area contributed by atoms with Gasteiger partial charge in [0.1, 0.15) is 5.60 Å². The van der Waals surface area contributed by atoms with Crippen LogP contribution in [0.3, 0.4) is 0 Å². The van der Waals surface area contributed by atoms with Gasteiger partial charge in [0.15, 0.2) is 0 Å². The van der Waals surface area contributed by atoms with Gasteiger partial charge in [-0.05, 0) is 45.8 Å². The van der Waals surface area contributed by atoms with Crippen LogP contribution < -0.4 is 0 Å². The lowest BCUT2D eigenvalue weighted by Gasteiger charge is -2.19. The van der Waals surface area contributed by atoms with Gasteiger partial charge in [-0.1, -0.05) is 19.3 Å². The molecule has 0 aliphatic rings. The average molecular weight is 257 g/mol. The van der Waals surface area contributed by atoms with E-state index in [1.807, 2.05) is 20.8 Å². The fourth-order valence-electron chi connectivity index (χ4n) is 1.43. The number of thiocarbonyl (C=S) groups is 1. The third-order valence-electron chi connectivity index (χ3n) is 2.14. The highest BCUT2D eigenvalue weighted by Crippen LogP contribution is 2.11. The van der Waals surface area contributed by atoms with Crippen molar-refractivity contribution >= 4 is 23.3 Å². The van der Waals surface area contributed by atoms with E-state index in [1.165, 1.54) is 0 Å². The number of isothiocyanates is 1. The van der Waals surface area contributed by atoms with Crippen LogP contribution in [0.4, 0.5) is 0 Å². The number of aliphatic imine (C=N–C) groups is 1. The molecular weight excluding hydrogens is 234 g/mol. The van der Waals surface area contributed by atoms with Crippen LogP contribution >= 0.6 is 12.2 Å². The number of ether oxygens (including phenoxy) is 1. The molecule has 0 saturated heterocycles. The van der Waals surface area contributed by atoms with Gasteiger partial charge in [-0.25, -0.2) is 4.99 Å². The molecule has 3 nitrogen and oxygen atoms in total. The van der Waals surface area contributed by atoms with E-state index < -0.39 is 0 Å². The largest absolute Gasteiger partial charge is 0.460 e. The van der Waals surface area contributed by atoms with Crippen molar-refractivity contribution in [2.75, 3.05) is 6.54 Å². The molecular formula is C13H23NO2S. The molecule has 0 amide bonds. The van der Waals surface area contributed by atoms with Crippen molar-refractivity contribution in [3.05, 3.63) is 0 Å². The van der Waals surface area contributed by atoms with E-state index in [4.69, 9.17) is 4.74 Å². The molecule has 0 aromatic carbocycles. The Labute approximate surface area is 110 Å². The first-order chi connectivity index (χ1) is 7.95. The van der Waals surface area contributed by atoms with Crippen molar-refractivity contribution in [2.24, 2.45) is 4.99 Å². The molecule has 0 aromatic rings. The van der Waals surface area contributed by atoms with Crippen LogP contribution in [0.25, 0.3) is 0 Å². The van der Waals surface area contributed by atoms with Crippen molar-refractivity contribution in [1.29, 1.82) is 0 Å². The SMILES string of the molecule is CC(C)(C)OC(=O)CCCCCCCN=C=S. The fourth-order valence-corrected chi connectivity index (χ4v) is 1.52. The van der Waals surface area contributed by atoms with Crippen LogP contribution in [0.2, 0.25) is 0 Å². The van der Waals surface area contributed by atoms with Crippen molar-refractivity contribution in [2.45, 2.75) is 64.9 Å². The Morgan fingerprint density at radius 2 is 1.76 bits per heavy atom. The average Bonchev–Trinajstić information content (AvgIpc) is 2.19.